The summed E-state index contributed by atoms with van der Waals surface area (Å²) in [6.45, 7) is 0. The summed E-state index contributed by atoms with van der Waals surface area (Å²) < 4.78 is 25.7. The summed E-state index contributed by atoms with van der Waals surface area (Å²) >= 11 is 0. The van der Waals surface area contributed by atoms with Crippen LogP contribution in [0.25, 0.3) is 10.8 Å². The van der Waals surface area contributed by atoms with Crippen LogP contribution in [0.3, 0.4) is 0 Å². The Morgan fingerprint density at radius 2 is 1.35 bits per heavy atom. The second-order valence-corrected chi connectivity index (χ2v) is 6.92. The fourth-order valence-corrected chi connectivity index (χ4v) is 3.95. The molecule has 0 saturated carbocycles. The maximum Gasteiger partial charge on any atom is 0.207 e. The number of sulfone groups is 1. The summed E-state index contributed by atoms with van der Waals surface area (Å²) in [5.74, 6) is 0. The Morgan fingerprint density at radius 1 is 0.696 bits per heavy atom. The van der Waals surface area contributed by atoms with E-state index in [1.54, 1.807) is 24.3 Å². The van der Waals surface area contributed by atoms with E-state index in [0.29, 0.717) is 34.5 Å². The highest BCUT2D eigenvalue weighted by Crippen LogP contribution is 2.30. The number of benzene rings is 3. The molecular formula is C18H12O4S. The quantitative estimate of drug-likeness (QED) is 0.691. The molecular weight excluding hydrogens is 312 g/mol. The van der Waals surface area contributed by atoms with Gasteiger partial charge in [-0.1, -0.05) is 36.4 Å². The van der Waals surface area contributed by atoms with Crippen molar-refractivity contribution >= 4 is 33.2 Å². The van der Waals surface area contributed by atoms with Gasteiger partial charge in [-0.2, -0.15) is 0 Å². The van der Waals surface area contributed by atoms with Crippen molar-refractivity contribution in [3.05, 3.63) is 71.8 Å². The molecule has 0 unspecified atom stereocenters. The minimum Gasteiger partial charge on any atom is -0.298 e. The standard InChI is InChI=1S/C18H12O4S/c19-11-13-5-8-15(9-6-13)23(21,22)18-10-7-14(12-20)16-3-1-2-4-17(16)18/h1-12H. The molecule has 0 saturated heterocycles. The molecule has 3 aromatic rings. The Hall–Kier alpha value is -2.79. The van der Waals surface area contributed by atoms with Crippen LogP contribution >= 0.6 is 0 Å². The van der Waals surface area contributed by atoms with Crippen LogP contribution in [0.4, 0.5) is 0 Å². The number of carbonyl (C=O) groups is 2. The fraction of sp³-hybridized carbons (Fsp3) is 0. The molecule has 0 bridgehead atoms. The molecule has 0 radical (unpaired) electrons. The molecule has 114 valence electrons. The van der Waals surface area contributed by atoms with Gasteiger partial charge in [-0.05, 0) is 29.7 Å². The highest BCUT2D eigenvalue weighted by Gasteiger charge is 2.21. The molecule has 0 heterocycles. The predicted octanol–water partition coefficient (Wildman–Crippen LogP) is 3.30. The van der Waals surface area contributed by atoms with Crippen LogP contribution in [0.2, 0.25) is 0 Å². The van der Waals surface area contributed by atoms with Crippen molar-refractivity contribution in [2.45, 2.75) is 9.79 Å². The van der Waals surface area contributed by atoms with Crippen LogP contribution < -0.4 is 0 Å². The number of aldehydes is 2. The third kappa shape index (κ3) is 2.55. The zero-order chi connectivity index (χ0) is 16.4. The number of fused-ring (bicyclic) bond motifs is 1. The van der Waals surface area contributed by atoms with Crippen molar-refractivity contribution in [3.63, 3.8) is 0 Å². The Bertz CT molecular complexity index is 1000. The topological polar surface area (TPSA) is 68.3 Å². The lowest BCUT2D eigenvalue weighted by atomic mass is 10.1. The van der Waals surface area contributed by atoms with Gasteiger partial charge in [0, 0.05) is 16.5 Å². The molecule has 5 heteroatoms. The highest BCUT2D eigenvalue weighted by atomic mass is 32.2. The minimum atomic E-state index is -3.75. The number of hydrogen-bond donors (Lipinski definition) is 0. The van der Waals surface area contributed by atoms with Gasteiger partial charge in [0.05, 0.1) is 9.79 Å². The van der Waals surface area contributed by atoms with Gasteiger partial charge in [0.15, 0.2) is 6.29 Å². The van der Waals surface area contributed by atoms with Crippen LogP contribution in [-0.2, 0) is 9.84 Å². The maximum atomic E-state index is 12.9. The number of rotatable bonds is 4. The second kappa shape index (κ2) is 5.78. The normalized spacial score (nSPS) is 11.3. The van der Waals surface area contributed by atoms with Crippen molar-refractivity contribution in [2.24, 2.45) is 0 Å². The largest absolute Gasteiger partial charge is 0.298 e. The van der Waals surface area contributed by atoms with E-state index in [2.05, 4.69) is 0 Å². The summed E-state index contributed by atoms with van der Waals surface area (Å²) in [5.41, 5.74) is 0.848. The number of carbonyl (C=O) groups excluding carboxylic acids is 2. The zero-order valence-corrected chi connectivity index (χ0v) is 12.8. The van der Waals surface area contributed by atoms with E-state index in [9.17, 15) is 18.0 Å². The molecule has 0 spiro atoms. The van der Waals surface area contributed by atoms with E-state index in [4.69, 9.17) is 0 Å². The average Bonchev–Trinajstić information content (AvgIpc) is 2.60. The summed E-state index contributed by atoms with van der Waals surface area (Å²) in [6.07, 6.45) is 1.36. The Balaban J connectivity index is 2.26. The van der Waals surface area contributed by atoms with Crippen LogP contribution in [0.15, 0.2) is 70.5 Å². The Labute approximate surface area is 133 Å². The van der Waals surface area contributed by atoms with E-state index in [-0.39, 0.29) is 9.79 Å². The Kier molecular flexibility index (Phi) is 3.80. The van der Waals surface area contributed by atoms with E-state index >= 15 is 0 Å². The average molecular weight is 324 g/mol. The first-order valence-corrected chi connectivity index (χ1v) is 8.33. The summed E-state index contributed by atoms with van der Waals surface area (Å²) in [4.78, 5) is 22.1. The first-order valence-electron chi connectivity index (χ1n) is 6.85. The van der Waals surface area contributed by atoms with Crippen molar-refractivity contribution in [2.75, 3.05) is 0 Å². The summed E-state index contributed by atoms with van der Waals surface area (Å²) in [5, 5.41) is 1.09. The fourth-order valence-electron chi connectivity index (χ4n) is 2.48. The van der Waals surface area contributed by atoms with Crippen LogP contribution in [-0.4, -0.2) is 21.0 Å². The molecule has 0 N–H and O–H groups in total. The van der Waals surface area contributed by atoms with Crippen molar-refractivity contribution < 1.29 is 18.0 Å². The molecule has 0 aromatic heterocycles. The van der Waals surface area contributed by atoms with Crippen LogP contribution in [0, 0.1) is 0 Å². The van der Waals surface area contributed by atoms with Crippen LogP contribution in [0.1, 0.15) is 20.7 Å². The van der Waals surface area contributed by atoms with Gasteiger partial charge in [0.2, 0.25) is 9.84 Å². The molecule has 0 aliphatic rings. The lowest BCUT2D eigenvalue weighted by molar-refractivity contribution is 0.111. The molecule has 3 rings (SSSR count). The van der Waals surface area contributed by atoms with Gasteiger partial charge in [-0.15, -0.1) is 0 Å². The Morgan fingerprint density at radius 3 is 1.96 bits per heavy atom. The highest BCUT2D eigenvalue weighted by molar-refractivity contribution is 7.91. The molecule has 23 heavy (non-hydrogen) atoms. The van der Waals surface area contributed by atoms with E-state index in [1.807, 2.05) is 0 Å². The second-order valence-electron chi connectivity index (χ2n) is 5.01. The van der Waals surface area contributed by atoms with Gasteiger partial charge in [-0.25, -0.2) is 8.42 Å². The summed E-state index contributed by atoms with van der Waals surface area (Å²) in [6, 6.07) is 15.5. The van der Waals surface area contributed by atoms with Crippen LogP contribution in [0.5, 0.6) is 0 Å². The third-order valence-electron chi connectivity index (χ3n) is 3.66. The predicted molar refractivity (Wildman–Crippen MR) is 86.6 cm³/mol. The van der Waals surface area contributed by atoms with E-state index in [0.717, 1.165) is 0 Å². The monoisotopic (exact) mass is 324 g/mol. The third-order valence-corrected chi connectivity index (χ3v) is 5.49. The smallest absolute Gasteiger partial charge is 0.207 e. The summed E-state index contributed by atoms with van der Waals surface area (Å²) in [7, 11) is -3.75. The van der Waals surface area contributed by atoms with E-state index < -0.39 is 9.84 Å². The first-order chi connectivity index (χ1) is 11.1. The van der Waals surface area contributed by atoms with Crippen molar-refractivity contribution in [3.8, 4) is 0 Å². The zero-order valence-electron chi connectivity index (χ0n) is 12.0. The molecule has 0 aliphatic carbocycles. The van der Waals surface area contributed by atoms with Crippen molar-refractivity contribution in [1.82, 2.24) is 0 Å². The molecule has 0 atom stereocenters. The lowest BCUT2D eigenvalue weighted by Gasteiger charge is -2.10. The van der Waals surface area contributed by atoms with Gasteiger partial charge in [-0.3, -0.25) is 9.59 Å². The van der Waals surface area contributed by atoms with E-state index in [1.165, 1.54) is 36.4 Å². The van der Waals surface area contributed by atoms with Gasteiger partial charge in [0.25, 0.3) is 0 Å². The molecule has 4 nitrogen and oxygen atoms in total. The van der Waals surface area contributed by atoms with Gasteiger partial charge in [0.1, 0.15) is 6.29 Å². The van der Waals surface area contributed by atoms with Gasteiger partial charge >= 0.3 is 0 Å². The SMILES string of the molecule is O=Cc1ccc(S(=O)(=O)c2ccc(C=O)c3ccccc23)cc1. The molecule has 3 aromatic carbocycles. The first kappa shape index (κ1) is 15.1. The molecule has 0 amide bonds. The minimum absolute atomic E-state index is 0.104. The molecule has 0 aliphatic heterocycles. The lowest BCUT2D eigenvalue weighted by Crippen LogP contribution is -2.04. The number of hydrogen-bond acceptors (Lipinski definition) is 4. The van der Waals surface area contributed by atoms with Crippen molar-refractivity contribution in [1.29, 1.82) is 0 Å². The maximum absolute atomic E-state index is 12.9. The van der Waals surface area contributed by atoms with Gasteiger partial charge < -0.3 is 0 Å². The molecule has 0 fully saturated rings.